The van der Waals surface area contributed by atoms with E-state index in [-0.39, 0.29) is 11.2 Å². The Balaban J connectivity index is 1.50. The molecule has 1 aliphatic rings. The lowest BCUT2D eigenvalue weighted by Crippen LogP contribution is -2.40. The molecule has 0 saturated heterocycles. The molecule has 0 radical (unpaired) electrons. The molecule has 1 amide bonds. The molecule has 0 N–H and O–H groups in total. The number of carbonyl (C=O) groups excluding carboxylic acids is 1. The molecular weight excluding hydrogens is 338 g/mol. The summed E-state index contributed by atoms with van der Waals surface area (Å²) < 4.78 is 0. The molecule has 0 fully saturated rings. The minimum atomic E-state index is -0.159. The number of amides is 1. The Bertz CT molecular complexity index is 893. The van der Waals surface area contributed by atoms with Crippen molar-refractivity contribution in [3.8, 4) is 0 Å². The van der Waals surface area contributed by atoms with Crippen molar-refractivity contribution in [2.45, 2.75) is 30.2 Å². The number of aromatic nitrogens is 2. The summed E-state index contributed by atoms with van der Waals surface area (Å²) in [4.78, 5) is 24.4. The van der Waals surface area contributed by atoms with Gasteiger partial charge in [-0.25, -0.2) is 9.97 Å². The second-order valence-corrected chi connectivity index (χ2v) is 8.08. The van der Waals surface area contributed by atoms with Crippen LogP contribution in [0.5, 0.6) is 0 Å². The van der Waals surface area contributed by atoms with Gasteiger partial charge in [-0.3, -0.25) is 4.79 Å². The number of hydrogen-bond donors (Lipinski definition) is 0. The summed E-state index contributed by atoms with van der Waals surface area (Å²) >= 11 is 3.12. The van der Waals surface area contributed by atoms with Crippen LogP contribution in [0.15, 0.2) is 47.1 Å². The maximum absolute atomic E-state index is 12.9. The predicted octanol–water partition coefficient (Wildman–Crippen LogP) is 3.76. The number of hydrogen-bond acceptors (Lipinski definition) is 5. The van der Waals surface area contributed by atoms with Crippen molar-refractivity contribution >= 4 is 39.2 Å². The van der Waals surface area contributed by atoms with Crippen molar-refractivity contribution in [2.75, 3.05) is 6.54 Å². The first-order valence-corrected chi connectivity index (χ1v) is 9.69. The summed E-state index contributed by atoms with van der Waals surface area (Å²) in [6, 6.07) is 10.4. The van der Waals surface area contributed by atoms with Crippen molar-refractivity contribution in [3.63, 3.8) is 0 Å². The lowest BCUT2D eigenvalue weighted by molar-refractivity contribution is -0.131. The van der Waals surface area contributed by atoms with Crippen LogP contribution < -0.4 is 0 Å². The molecule has 0 aliphatic carbocycles. The Hall–Kier alpha value is -1.92. The van der Waals surface area contributed by atoms with Gasteiger partial charge in [-0.2, -0.15) is 0 Å². The molecule has 122 valence electrons. The zero-order valence-electron chi connectivity index (χ0n) is 13.3. The largest absolute Gasteiger partial charge is 0.337 e. The Morgan fingerprint density at radius 1 is 1.25 bits per heavy atom. The first-order valence-electron chi connectivity index (χ1n) is 7.93. The third-order valence-corrected chi connectivity index (χ3v) is 6.23. The van der Waals surface area contributed by atoms with E-state index in [0.717, 1.165) is 28.2 Å². The topological polar surface area (TPSA) is 46.1 Å². The van der Waals surface area contributed by atoms with Crippen LogP contribution in [0.3, 0.4) is 0 Å². The third-order valence-electron chi connectivity index (χ3n) is 4.30. The van der Waals surface area contributed by atoms with E-state index in [1.54, 1.807) is 17.7 Å². The average Bonchev–Trinajstić information content (AvgIpc) is 3.10. The summed E-state index contributed by atoms with van der Waals surface area (Å²) in [5.74, 6) is 0.177. The highest BCUT2D eigenvalue weighted by Gasteiger charge is 2.26. The molecule has 0 unspecified atom stereocenters. The van der Waals surface area contributed by atoms with Crippen LogP contribution in [0.4, 0.5) is 0 Å². The van der Waals surface area contributed by atoms with Crippen LogP contribution in [-0.2, 0) is 17.8 Å². The number of nitrogens with zero attached hydrogens (tertiary/aromatic N) is 3. The molecular formula is C18H17N3OS2. The summed E-state index contributed by atoms with van der Waals surface area (Å²) in [7, 11) is 0. The van der Waals surface area contributed by atoms with Crippen LogP contribution in [0, 0.1) is 0 Å². The van der Waals surface area contributed by atoms with Gasteiger partial charge < -0.3 is 4.90 Å². The SMILES string of the molecule is C[C@@H](Sc1ncnc2sccc12)C(=O)N1CCc2ccccc2C1. The van der Waals surface area contributed by atoms with Crippen LogP contribution >= 0.6 is 23.1 Å². The third kappa shape index (κ3) is 2.91. The molecule has 3 heterocycles. The first-order chi connectivity index (χ1) is 11.7. The Labute approximate surface area is 148 Å². The minimum Gasteiger partial charge on any atom is -0.337 e. The normalized spacial score (nSPS) is 15.3. The van der Waals surface area contributed by atoms with E-state index in [1.165, 1.54) is 22.9 Å². The first kappa shape index (κ1) is 15.6. The Morgan fingerprint density at radius 3 is 2.96 bits per heavy atom. The van der Waals surface area contributed by atoms with Gasteiger partial charge in [0, 0.05) is 18.5 Å². The zero-order chi connectivity index (χ0) is 16.5. The fourth-order valence-corrected chi connectivity index (χ4v) is 4.80. The summed E-state index contributed by atoms with van der Waals surface area (Å²) in [5, 5.41) is 3.78. The minimum absolute atomic E-state index is 0.159. The Kier molecular flexibility index (Phi) is 4.24. The van der Waals surface area contributed by atoms with Gasteiger partial charge in [-0.05, 0) is 35.9 Å². The Morgan fingerprint density at radius 2 is 2.08 bits per heavy atom. The monoisotopic (exact) mass is 355 g/mol. The second kappa shape index (κ2) is 6.53. The molecule has 1 aromatic carbocycles. The van der Waals surface area contributed by atoms with Crippen molar-refractivity contribution in [2.24, 2.45) is 0 Å². The molecule has 3 aromatic rings. The number of fused-ring (bicyclic) bond motifs is 2. The van der Waals surface area contributed by atoms with Crippen molar-refractivity contribution in [3.05, 3.63) is 53.2 Å². The number of thiophene rings is 1. The molecule has 1 aliphatic heterocycles. The van der Waals surface area contributed by atoms with Gasteiger partial charge in [0.15, 0.2) is 0 Å². The molecule has 2 aromatic heterocycles. The van der Waals surface area contributed by atoms with E-state index in [0.29, 0.717) is 6.54 Å². The number of rotatable bonds is 3. The highest BCUT2D eigenvalue weighted by Crippen LogP contribution is 2.31. The second-order valence-electron chi connectivity index (χ2n) is 5.86. The summed E-state index contributed by atoms with van der Waals surface area (Å²) in [6.45, 7) is 3.46. The van der Waals surface area contributed by atoms with Crippen LogP contribution in [0.25, 0.3) is 10.2 Å². The van der Waals surface area contributed by atoms with Crippen molar-refractivity contribution < 1.29 is 4.79 Å². The lowest BCUT2D eigenvalue weighted by Gasteiger charge is -2.30. The summed E-state index contributed by atoms with van der Waals surface area (Å²) in [5.41, 5.74) is 2.62. The highest BCUT2D eigenvalue weighted by molar-refractivity contribution is 8.00. The zero-order valence-corrected chi connectivity index (χ0v) is 14.9. The van der Waals surface area contributed by atoms with E-state index < -0.39 is 0 Å². The van der Waals surface area contributed by atoms with Gasteiger partial charge in [0.25, 0.3) is 0 Å². The molecule has 0 saturated carbocycles. The molecule has 1 atom stereocenters. The van der Waals surface area contributed by atoms with Gasteiger partial charge in [0.2, 0.25) is 5.91 Å². The van der Waals surface area contributed by atoms with Gasteiger partial charge in [-0.15, -0.1) is 11.3 Å². The molecule has 4 nitrogen and oxygen atoms in total. The molecule has 6 heteroatoms. The lowest BCUT2D eigenvalue weighted by atomic mass is 10.00. The van der Waals surface area contributed by atoms with Crippen LogP contribution in [0.2, 0.25) is 0 Å². The molecule has 0 bridgehead atoms. The standard InChI is InChI=1S/C18H17N3OS2/c1-12(24-17-15-7-9-23-16(15)19-11-20-17)18(22)21-8-6-13-4-2-3-5-14(13)10-21/h2-5,7,9,11-12H,6,8,10H2,1H3/t12-/m1/s1. The van der Waals surface area contributed by atoms with Gasteiger partial charge >= 0.3 is 0 Å². The fourth-order valence-electron chi connectivity index (χ4n) is 3.02. The number of thioether (sulfide) groups is 1. The smallest absolute Gasteiger partial charge is 0.236 e. The van der Waals surface area contributed by atoms with Gasteiger partial charge in [-0.1, -0.05) is 36.0 Å². The molecule has 24 heavy (non-hydrogen) atoms. The van der Waals surface area contributed by atoms with Crippen LogP contribution in [-0.4, -0.2) is 32.6 Å². The maximum Gasteiger partial charge on any atom is 0.236 e. The summed E-state index contributed by atoms with van der Waals surface area (Å²) in [6.07, 6.45) is 2.51. The van der Waals surface area contributed by atoms with Gasteiger partial charge in [0.05, 0.1) is 5.25 Å². The van der Waals surface area contributed by atoms with E-state index in [9.17, 15) is 4.79 Å². The van der Waals surface area contributed by atoms with Crippen molar-refractivity contribution in [1.29, 1.82) is 0 Å². The van der Waals surface area contributed by atoms with Crippen LogP contribution in [0.1, 0.15) is 18.1 Å². The van der Waals surface area contributed by atoms with Gasteiger partial charge in [0.1, 0.15) is 16.2 Å². The fraction of sp³-hybridized carbons (Fsp3) is 0.278. The quantitative estimate of drug-likeness (QED) is 0.530. The highest BCUT2D eigenvalue weighted by atomic mass is 32.2. The number of benzene rings is 1. The van der Waals surface area contributed by atoms with Crippen molar-refractivity contribution in [1.82, 2.24) is 14.9 Å². The predicted molar refractivity (Wildman–Crippen MR) is 98.3 cm³/mol. The molecule has 0 spiro atoms. The van der Waals surface area contributed by atoms with E-state index in [4.69, 9.17) is 0 Å². The maximum atomic E-state index is 12.9. The average molecular weight is 355 g/mol. The van der Waals surface area contributed by atoms with E-state index in [1.807, 2.05) is 29.3 Å². The number of carbonyl (C=O) groups is 1. The van der Waals surface area contributed by atoms with E-state index in [2.05, 4.69) is 28.2 Å². The molecule has 4 rings (SSSR count). The van der Waals surface area contributed by atoms with E-state index >= 15 is 0 Å².